The molecule has 1 heterocycles. The van der Waals surface area contributed by atoms with Gasteiger partial charge in [-0.1, -0.05) is 133 Å². The Hall–Kier alpha value is -6.12. The van der Waals surface area contributed by atoms with Gasteiger partial charge < -0.3 is 9.47 Å². The minimum absolute atomic E-state index is 0.928. The highest BCUT2D eigenvalue weighted by Gasteiger charge is 2.18. The fourth-order valence-electron chi connectivity index (χ4n) is 7.59. The molecule has 0 atom stereocenters. The Balaban J connectivity index is 1.23. The third kappa shape index (κ3) is 4.57. The smallest absolute Gasteiger partial charge is 0.0540 e. The van der Waals surface area contributed by atoms with E-state index in [4.69, 9.17) is 0 Å². The topological polar surface area (TPSA) is 8.17 Å². The van der Waals surface area contributed by atoms with Gasteiger partial charge in [0.1, 0.15) is 0 Å². The molecule has 0 saturated carbocycles. The normalized spacial score (nSPS) is 11.5. The summed E-state index contributed by atoms with van der Waals surface area (Å²) in [7, 11) is 0. The molecule has 2 heteroatoms. The monoisotopic (exact) mass is 614 g/mol. The highest BCUT2D eigenvalue weighted by Crippen LogP contribution is 2.43. The van der Waals surface area contributed by atoms with Crippen LogP contribution in [0.15, 0.2) is 176 Å². The maximum atomic E-state index is 2.43. The Kier molecular flexibility index (Phi) is 6.80. The van der Waals surface area contributed by atoms with Crippen LogP contribution in [-0.2, 0) is 6.54 Å². The maximum Gasteiger partial charge on any atom is 0.0540 e. The number of hydrogen-bond acceptors (Lipinski definition) is 1. The number of nitrogens with zero attached hydrogens (tertiary/aromatic N) is 2. The van der Waals surface area contributed by atoms with Crippen LogP contribution in [0.3, 0.4) is 0 Å². The molecule has 0 aliphatic carbocycles. The van der Waals surface area contributed by atoms with E-state index in [0.29, 0.717) is 0 Å². The number of para-hydroxylation sites is 1. The molecule has 9 aromatic rings. The summed E-state index contributed by atoms with van der Waals surface area (Å²) in [6.07, 6.45) is 0. The quantitative estimate of drug-likeness (QED) is 0.181. The Morgan fingerprint density at radius 2 is 1.04 bits per heavy atom. The number of fused-ring (bicyclic) bond motifs is 5. The minimum Gasteiger partial charge on any atom is -0.341 e. The Bertz CT molecular complexity index is 2600. The van der Waals surface area contributed by atoms with Crippen LogP contribution >= 0.6 is 0 Å². The van der Waals surface area contributed by atoms with E-state index < -0.39 is 0 Å². The van der Waals surface area contributed by atoms with Crippen molar-refractivity contribution >= 4 is 60.4 Å². The molecule has 0 spiro atoms. The van der Waals surface area contributed by atoms with E-state index in [1.807, 2.05) is 0 Å². The van der Waals surface area contributed by atoms with Gasteiger partial charge in [-0.2, -0.15) is 0 Å². The van der Waals surface area contributed by atoms with E-state index in [1.54, 1.807) is 0 Å². The van der Waals surface area contributed by atoms with Crippen molar-refractivity contribution in [2.75, 3.05) is 4.90 Å². The first-order valence-corrected chi connectivity index (χ1v) is 16.7. The molecular formula is C46H34N2. The third-order valence-corrected chi connectivity index (χ3v) is 9.76. The number of anilines is 3. The van der Waals surface area contributed by atoms with E-state index in [9.17, 15) is 0 Å². The van der Waals surface area contributed by atoms with Crippen LogP contribution in [-0.4, -0.2) is 4.57 Å². The molecular weight excluding hydrogens is 581 g/mol. The van der Waals surface area contributed by atoms with Crippen molar-refractivity contribution in [2.24, 2.45) is 0 Å². The maximum absolute atomic E-state index is 2.43. The fraction of sp³-hybridized carbons (Fsp3) is 0.0435. The van der Waals surface area contributed by atoms with E-state index in [2.05, 4.69) is 192 Å². The molecule has 228 valence electrons. The van der Waals surface area contributed by atoms with Crippen LogP contribution in [0.5, 0.6) is 0 Å². The molecule has 8 aromatic carbocycles. The average Bonchev–Trinajstić information content (AvgIpc) is 3.49. The lowest BCUT2D eigenvalue weighted by molar-refractivity contribution is 0.827. The van der Waals surface area contributed by atoms with Gasteiger partial charge in [0.15, 0.2) is 0 Å². The standard InChI is InChI=1S/C46H34N2/c1-2-47-43-24-8-7-21-42(43)46-41(23-12-26-45(46)47)35-17-9-18-37(31-35)48(44-25-11-16-33-14-4-6-20-40(33)44)36-29-27-34(28-30-36)39-22-10-15-32-13-3-5-19-38(32)39/h3-31H,2H2,1H3. The average molecular weight is 615 g/mol. The van der Waals surface area contributed by atoms with Gasteiger partial charge in [-0.3, -0.25) is 0 Å². The van der Waals surface area contributed by atoms with Crippen LogP contribution in [0, 0.1) is 0 Å². The second-order valence-electron chi connectivity index (χ2n) is 12.4. The molecule has 48 heavy (non-hydrogen) atoms. The van der Waals surface area contributed by atoms with Crippen LogP contribution in [0.25, 0.3) is 65.6 Å². The van der Waals surface area contributed by atoms with Crippen molar-refractivity contribution in [3.05, 3.63) is 176 Å². The summed E-state index contributed by atoms with van der Waals surface area (Å²) in [6, 6.07) is 64.1. The molecule has 0 N–H and O–H groups in total. The van der Waals surface area contributed by atoms with Crippen molar-refractivity contribution in [3.8, 4) is 22.3 Å². The highest BCUT2D eigenvalue weighted by atomic mass is 15.1. The number of hydrogen-bond donors (Lipinski definition) is 0. The molecule has 0 aliphatic rings. The summed E-state index contributed by atoms with van der Waals surface area (Å²) < 4.78 is 2.43. The van der Waals surface area contributed by atoms with E-state index in [1.165, 1.54) is 65.6 Å². The molecule has 1 aromatic heterocycles. The Morgan fingerprint density at radius 3 is 1.85 bits per heavy atom. The van der Waals surface area contributed by atoms with Crippen LogP contribution in [0.4, 0.5) is 17.1 Å². The zero-order chi connectivity index (χ0) is 32.0. The number of aryl methyl sites for hydroxylation is 1. The summed E-state index contributed by atoms with van der Waals surface area (Å²) in [5.74, 6) is 0. The van der Waals surface area contributed by atoms with Crippen molar-refractivity contribution in [1.82, 2.24) is 4.57 Å². The van der Waals surface area contributed by atoms with Gasteiger partial charge in [-0.25, -0.2) is 0 Å². The molecule has 0 amide bonds. The zero-order valence-corrected chi connectivity index (χ0v) is 26.8. The van der Waals surface area contributed by atoms with Gasteiger partial charge in [0.2, 0.25) is 0 Å². The molecule has 9 rings (SSSR count). The minimum atomic E-state index is 0.928. The molecule has 2 nitrogen and oxygen atoms in total. The van der Waals surface area contributed by atoms with Gasteiger partial charge in [0.25, 0.3) is 0 Å². The third-order valence-electron chi connectivity index (χ3n) is 9.76. The first kappa shape index (κ1) is 28.1. The molecule has 0 radical (unpaired) electrons. The van der Waals surface area contributed by atoms with Crippen LogP contribution in [0.1, 0.15) is 6.92 Å². The predicted octanol–water partition coefficient (Wildman–Crippen LogP) is 12.9. The SMILES string of the molecule is CCn1c2ccccc2c2c(-c3cccc(N(c4ccc(-c5cccc6ccccc56)cc4)c4cccc5ccccc45)c3)cccc21. The zero-order valence-electron chi connectivity index (χ0n) is 26.8. The van der Waals surface area contributed by atoms with Crippen molar-refractivity contribution in [2.45, 2.75) is 13.5 Å². The van der Waals surface area contributed by atoms with E-state index in [0.717, 1.165) is 23.6 Å². The van der Waals surface area contributed by atoms with E-state index >= 15 is 0 Å². The Morgan fingerprint density at radius 1 is 0.438 bits per heavy atom. The summed E-state index contributed by atoms with van der Waals surface area (Å²) in [5.41, 5.74) is 10.9. The molecule has 0 unspecified atom stereocenters. The summed E-state index contributed by atoms with van der Waals surface area (Å²) in [6.45, 7) is 3.16. The van der Waals surface area contributed by atoms with Crippen molar-refractivity contribution in [1.29, 1.82) is 0 Å². The second-order valence-corrected chi connectivity index (χ2v) is 12.4. The van der Waals surface area contributed by atoms with Crippen LogP contribution < -0.4 is 4.90 Å². The lowest BCUT2D eigenvalue weighted by Gasteiger charge is -2.27. The van der Waals surface area contributed by atoms with Gasteiger partial charge >= 0.3 is 0 Å². The number of aromatic nitrogens is 1. The van der Waals surface area contributed by atoms with Gasteiger partial charge in [-0.05, 0) is 87.8 Å². The largest absolute Gasteiger partial charge is 0.341 e. The molecule has 0 aliphatic heterocycles. The van der Waals surface area contributed by atoms with Crippen molar-refractivity contribution < 1.29 is 0 Å². The number of benzene rings is 8. The summed E-state index contributed by atoms with van der Waals surface area (Å²) >= 11 is 0. The number of rotatable bonds is 6. The predicted molar refractivity (Wildman–Crippen MR) is 206 cm³/mol. The molecule has 0 bridgehead atoms. The molecule has 0 saturated heterocycles. The molecule has 0 fully saturated rings. The van der Waals surface area contributed by atoms with Gasteiger partial charge in [0.05, 0.1) is 5.69 Å². The Labute approximate surface area is 280 Å². The fourth-order valence-corrected chi connectivity index (χ4v) is 7.59. The lowest BCUT2D eigenvalue weighted by atomic mass is 9.97. The van der Waals surface area contributed by atoms with Gasteiger partial charge in [-0.15, -0.1) is 0 Å². The van der Waals surface area contributed by atoms with E-state index in [-0.39, 0.29) is 0 Å². The first-order valence-electron chi connectivity index (χ1n) is 16.7. The first-order chi connectivity index (χ1) is 23.8. The summed E-state index contributed by atoms with van der Waals surface area (Å²) in [5, 5.41) is 7.57. The van der Waals surface area contributed by atoms with Crippen LogP contribution in [0.2, 0.25) is 0 Å². The highest BCUT2D eigenvalue weighted by molar-refractivity contribution is 6.15. The van der Waals surface area contributed by atoms with Gasteiger partial charge in [0, 0.05) is 45.1 Å². The second kappa shape index (κ2) is 11.6. The lowest BCUT2D eigenvalue weighted by Crippen LogP contribution is -2.10. The van der Waals surface area contributed by atoms with Crippen molar-refractivity contribution in [3.63, 3.8) is 0 Å². The summed E-state index contributed by atoms with van der Waals surface area (Å²) in [4.78, 5) is 2.41.